The third-order valence-electron chi connectivity index (χ3n) is 6.47. The molecule has 2 unspecified atom stereocenters. The van der Waals surface area contributed by atoms with Crippen molar-refractivity contribution in [3.05, 3.63) is 82.3 Å². The maximum Gasteiger partial charge on any atom is 0.139 e. The highest BCUT2D eigenvalue weighted by Gasteiger charge is 2.34. The third-order valence-corrected chi connectivity index (χ3v) is 6.47. The molecule has 0 bridgehead atoms. The van der Waals surface area contributed by atoms with E-state index >= 15 is 0 Å². The zero-order valence-electron chi connectivity index (χ0n) is 20.3. The molecule has 6 nitrogen and oxygen atoms in total. The van der Waals surface area contributed by atoms with Gasteiger partial charge in [-0.15, -0.1) is 0 Å². The van der Waals surface area contributed by atoms with Crippen LogP contribution in [0.15, 0.2) is 60.0 Å². The van der Waals surface area contributed by atoms with Crippen LogP contribution in [-0.2, 0) is 0 Å². The second-order valence-electron chi connectivity index (χ2n) is 8.96. The second kappa shape index (κ2) is 12.7. The van der Waals surface area contributed by atoms with Gasteiger partial charge < -0.3 is 30.6 Å². The first-order chi connectivity index (χ1) is 16.1. The van der Waals surface area contributed by atoms with E-state index in [1.54, 1.807) is 24.3 Å². The number of hydrogen-bond donors (Lipinski definition) is 6. The minimum absolute atomic E-state index is 0.397. The van der Waals surface area contributed by atoms with Gasteiger partial charge in [0.05, 0.1) is 0 Å². The molecule has 0 aliphatic heterocycles. The number of rotatable bonds is 11. The van der Waals surface area contributed by atoms with E-state index in [4.69, 9.17) is 0 Å². The largest absolute Gasteiger partial charge is 0.509 e. The van der Waals surface area contributed by atoms with Gasteiger partial charge in [0, 0.05) is 0 Å². The van der Waals surface area contributed by atoms with Crippen molar-refractivity contribution in [2.24, 2.45) is 0 Å². The van der Waals surface area contributed by atoms with Gasteiger partial charge in [0.1, 0.15) is 35.9 Å². The van der Waals surface area contributed by atoms with Gasteiger partial charge in [0.15, 0.2) is 0 Å². The first-order valence-electron chi connectivity index (χ1n) is 11.8. The summed E-state index contributed by atoms with van der Waals surface area (Å²) in [6.45, 7) is 8.42. The Hall–Kier alpha value is -2.64. The van der Waals surface area contributed by atoms with E-state index < -0.39 is 35.9 Å². The van der Waals surface area contributed by atoms with Crippen molar-refractivity contribution in [3.8, 4) is 0 Å². The van der Waals surface area contributed by atoms with Crippen LogP contribution >= 0.6 is 0 Å². The Balaban J connectivity index is 2.07. The molecule has 6 atom stereocenters. The maximum atomic E-state index is 10.3. The number of benzene rings is 2. The number of aliphatic hydroxyl groups excluding tert-OH is 6. The first-order valence-corrected chi connectivity index (χ1v) is 11.8. The molecule has 0 aliphatic rings. The van der Waals surface area contributed by atoms with E-state index in [0.29, 0.717) is 23.0 Å². The summed E-state index contributed by atoms with van der Waals surface area (Å²) in [4.78, 5) is 0. The van der Waals surface area contributed by atoms with Crippen LogP contribution in [0.3, 0.4) is 0 Å². The molecule has 34 heavy (non-hydrogen) atoms. The minimum atomic E-state index is -1.94. The highest BCUT2D eigenvalue weighted by atomic mass is 16.4. The Morgan fingerprint density at radius 3 is 1.18 bits per heavy atom. The maximum absolute atomic E-state index is 10.3. The summed E-state index contributed by atoms with van der Waals surface area (Å²) in [5.41, 5.74) is 3.51. The Bertz CT molecular complexity index is 868. The molecule has 0 fully saturated rings. The second-order valence-corrected chi connectivity index (χ2v) is 8.96. The molecule has 186 valence electrons. The minimum Gasteiger partial charge on any atom is -0.509 e. The van der Waals surface area contributed by atoms with Gasteiger partial charge in [-0.3, -0.25) is 0 Å². The quantitative estimate of drug-likeness (QED) is 0.266. The van der Waals surface area contributed by atoms with Crippen molar-refractivity contribution in [1.82, 2.24) is 0 Å². The van der Waals surface area contributed by atoms with Crippen LogP contribution in [0.1, 0.15) is 74.6 Å². The first kappa shape index (κ1) is 27.6. The molecular weight excluding hydrogens is 432 g/mol. The van der Waals surface area contributed by atoms with E-state index in [9.17, 15) is 30.6 Å². The highest BCUT2D eigenvalue weighted by molar-refractivity contribution is 5.54. The Morgan fingerprint density at radius 2 is 0.912 bits per heavy atom. The summed E-state index contributed by atoms with van der Waals surface area (Å²) < 4.78 is 0. The van der Waals surface area contributed by atoms with Gasteiger partial charge in [-0.05, 0) is 59.1 Å². The molecule has 6 heteroatoms. The monoisotopic (exact) mass is 470 g/mol. The molecule has 0 heterocycles. The Labute approximate surface area is 202 Å². The molecule has 2 rings (SSSR count). The molecule has 0 spiro atoms. The molecule has 0 saturated heterocycles. The number of aliphatic hydroxyl groups is 6. The highest BCUT2D eigenvalue weighted by Crippen LogP contribution is 2.22. The lowest BCUT2D eigenvalue weighted by molar-refractivity contribution is -0.0996. The normalized spacial score (nSPS) is 18.1. The van der Waals surface area contributed by atoms with Crippen molar-refractivity contribution < 1.29 is 30.6 Å². The fourth-order valence-electron chi connectivity index (χ4n) is 3.55. The van der Waals surface area contributed by atoms with Crippen LogP contribution in [0.25, 0.3) is 12.2 Å². The van der Waals surface area contributed by atoms with Gasteiger partial charge in [-0.2, -0.15) is 0 Å². The summed E-state index contributed by atoms with van der Waals surface area (Å²) in [5.74, 6) is -0.346. The zero-order chi connectivity index (χ0) is 25.4. The molecule has 0 aliphatic carbocycles. The SMILES string of the molecule is CCC(C)c1ccc(C=C(O)[C@@H](O)[C@@H](O)[C@H](O)[C@@H](O)C(O)=Cc2ccc(C(C)CC)cc2)cc1. The predicted octanol–water partition coefficient (Wildman–Crippen LogP) is 4.66. The van der Waals surface area contributed by atoms with Crippen molar-refractivity contribution in [2.45, 2.75) is 76.8 Å². The molecule has 0 saturated carbocycles. The molecule has 2 aromatic carbocycles. The van der Waals surface area contributed by atoms with Crippen LogP contribution < -0.4 is 0 Å². The Kier molecular flexibility index (Phi) is 10.3. The van der Waals surface area contributed by atoms with Crippen LogP contribution in [-0.4, -0.2) is 55.1 Å². The van der Waals surface area contributed by atoms with Gasteiger partial charge in [0.2, 0.25) is 0 Å². The summed E-state index contributed by atoms with van der Waals surface area (Å²) in [6.07, 6.45) is -3.04. The van der Waals surface area contributed by atoms with Gasteiger partial charge >= 0.3 is 0 Å². The summed E-state index contributed by atoms with van der Waals surface area (Å²) >= 11 is 0. The Morgan fingerprint density at radius 1 is 0.618 bits per heavy atom. The molecule has 2 aromatic rings. The smallest absolute Gasteiger partial charge is 0.139 e. The summed E-state index contributed by atoms with van der Waals surface area (Å²) in [5, 5.41) is 61.6. The molecule has 0 radical (unpaired) electrons. The predicted molar refractivity (Wildman–Crippen MR) is 136 cm³/mol. The fourth-order valence-corrected chi connectivity index (χ4v) is 3.55. The average molecular weight is 471 g/mol. The van der Waals surface area contributed by atoms with Crippen LogP contribution in [0.2, 0.25) is 0 Å². The lowest BCUT2D eigenvalue weighted by atomic mass is 9.96. The summed E-state index contributed by atoms with van der Waals surface area (Å²) in [7, 11) is 0. The average Bonchev–Trinajstić information content (AvgIpc) is 2.86. The van der Waals surface area contributed by atoms with E-state index in [-0.39, 0.29) is 0 Å². The lowest BCUT2D eigenvalue weighted by Gasteiger charge is -2.26. The van der Waals surface area contributed by atoms with Crippen molar-refractivity contribution >= 4 is 12.2 Å². The van der Waals surface area contributed by atoms with Crippen LogP contribution in [0.5, 0.6) is 0 Å². The molecule has 6 N–H and O–H groups in total. The van der Waals surface area contributed by atoms with E-state index in [2.05, 4.69) is 27.7 Å². The molecule has 0 amide bonds. The van der Waals surface area contributed by atoms with Crippen molar-refractivity contribution in [3.63, 3.8) is 0 Å². The van der Waals surface area contributed by atoms with Gasteiger partial charge in [-0.25, -0.2) is 0 Å². The third kappa shape index (κ3) is 7.18. The topological polar surface area (TPSA) is 121 Å². The van der Waals surface area contributed by atoms with Gasteiger partial charge in [-0.1, -0.05) is 76.2 Å². The molecule has 0 aromatic heterocycles. The van der Waals surface area contributed by atoms with Crippen molar-refractivity contribution in [2.75, 3.05) is 0 Å². The zero-order valence-corrected chi connectivity index (χ0v) is 20.3. The lowest BCUT2D eigenvalue weighted by Crippen LogP contribution is -2.45. The van der Waals surface area contributed by atoms with E-state index in [1.807, 2.05) is 24.3 Å². The number of hydrogen-bond acceptors (Lipinski definition) is 6. The van der Waals surface area contributed by atoms with Crippen molar-refractivity contribution in [1.29, 1.82) is 0 Å². The van der Waals surface area contributed by atoms with Crippen LogP contribution in [0.4, 0.5) is 0 Å². The fraction of sp³-hybridized carbons (Fsp3) is 0.429. The van der Waals surface area contributed by atoms with E-state index in [0.717, 1.165) is 24.0 Å². The standard InChI is InChI=1S/C28H38O6/c1-5-17(3)21-11-7-19(8-12-21)15-23(29)25(31)27(33)28(34)26(32)24(30)16-20-9-13-22(14-10-20)18(4)6-2/h7-18,25-34H,5-6H2,1-4H3/t17?,18?,25-,26+,27-,28-/m1/s1. The van der Waals surface area contributed by atoms with E-state index in [1.165, 1.54) is 12.2 Å². The summed E-state index contributed by atoms with van der Waals surface area (Å²) in [6, 6.07) is 14.8. The molecular formula is C28H38O6. The van der Waals surface area contributed by atoms with Crippen LogP contribution in [0, 0.1) is 0 Å². The van der Waals surface area contributed by atoms with Gasteiger partial charge in [0.25, 0.3) is 0 Å².